The number of anilines is 1. The fraction of sp³-hybridized carbons (Fsp3) is 0.300. The summed E-state index contributed by atoms with van der Waals surface area (Å²) >= 11 is 0. The summed E-state index contributed by atoms with van der Waals surface area (Å²) < 4.78 is 13.4. The van der Waals surface area contributed by atoms with E-state index in [9.17, 15) is 9.18 Å². The fourth-order valence-corrected chi connectivity index (χ4v) is 1.72. The predicted octanol–water partition coefficient (Wildman–Crippen LogP) is 1.01. The van der Waals surface area contributed by atoms with Gasteiger partial charge in [-0.05, 0) is 18.6 Å². The molecule has 0 spiro atoms. The lowest BCUT2D eigenvalue weighted by atomic mass is 9.97. The number of benzene rings is 1. The van der Waals surface area contributed by atoms with E-state index in [0.29, 0.717) is 24.2 Å². The monoisotopic (exact) mass is 194 g/mol. The number of carbonyl (C=O) groups excluding carboxylic acids is 1. The number of nitrogen functional groups attached to an aromatic ring is 1. The molecular formula is C10H11FN2O. The number of hydrogen-bond donors (Lipinski definition) is 2. The molecule has 0 aliphatic carbocycles. The summed E-state index contributed by atoms with van der Waals surface area (Å²) in [4.78, 5) is 11.3. The molecule has 3 nitrogen and oxygen atoms in total. The van der Waals surface area contributed by atoms with Crippen LogP contribution >= 0.6 is 0 Å². The van der Waals surface area contributed by atoms with Crippen LogP contribution in [-0.2, 0) is 4.79 Å². The van der Waals surface area contributed by atoms with E-state index in [2.05, 4.69) is 5.32 Å². The lowest BCUT2D eigenvalue weighted by Gasteiger charge is -2.08. The molecule has 1 aliphatic rings. The highest BCUT2D eigenvalue weighted by atomic mass is 19.1. The zero-order valence-electron chi connectivity index (χ0n) is 7.59. The van der Waals surface area contributed by atoms with Gasteiger partial charge in [0.05, 0.1) is 5.92 Å². The van der Waals surface area contributed by atoms with Gasteiger partial charge in [0, 0.05) is 17.8 Å². The van der Waals surface area contributed by atoms with Gasteiger partial charge in [0.1, 0.15) is 5.82 Å². The van der Waals surface area contributed by atoms with Gasteiger partial charge < -0.3 is 11.1 Å². The Morgan fingerprint density at radius 3 is 2.86 bits per heavy atom. The van der Waals surface area contributed by atoms with E-state index in [0.717, 1.165) is 0 Å². The van der Waals surface area contributed by atoms with Crippen LogP contribution in [0.15, 0.2) is 18.2 Å². The van der Waals surface area contributed by atoms with Crippen molar-refractivity contribution in [3.8, 4) is 0 Å². The Balaban J connectivity index is 2.36. The number of carbonyl (C=O) groups is 1. The van der Waals surface area contributed by atoms with Crippen LogP contribution in [0.5, 0.6) is 0 Å². The number of rotatable bonds is 1. The SMILES string of the molecule is Nc1ccc(C2CCNC2=O)c(F)c1. The first-order chi connectivity index (χ1) is 6.68. The highest BCUT2D eigenvalue weighted by Gasteiger charge is 2.27. The second-order valence-corrected chi connectivity index (χ2v) is 3.41. The molecule has 1 fully saturated rings. The zero-order chi connectivity index (χ0) is 10.1. The maximum atomic E-state index is 13.4. The number of nitrogens with two attached hydrogens (primary N) is 1. The topological polar surface area (TPSA) is 55.1 Å². The van der Waals surface area contributed by atoms with Gasteiger partial charge in [-0.3, -0.25) is 4.79 Å². The Morgan fingerprint density at radius 1 is 1.50 bits per heavy atom. The van der Waals surface area contributed by atoms with Gasteiger partial charge in [0.2, 0.25) is 5.91 Å². The second-order valence-electron chi connectivity index (χ2n) is 3.41. The van der Waals surface area contributed by atoms with Crippen molar-refractivity contribution in [3.63, 3.8) is 0 Å². The molecule has 0 aromatic heterocycles. The van der Waals surface area contributed by atoms with Crippen LogP contribution < -0.4 is 11.1 Å². The Bertz CT molecular complexity index is 378. The molecule has 1 saturated heterocycles. The van der Waals surface area contributed by atoms with Gasteiger partial charge in [-0.15, -0.1) is 0 Å². The predicted molar refractivity (Wildman–Crippen MR) is 51.2 cm³/mol. The summed E-state index contributed by atoms with van der Waals surface area (Å²) in [5.41, 5.74) is 6.24. The third kappa shape index (κ3) is 1.43. The first-order valence-corrected chi connectivity index (χ1v) is 4.51. The molecule has 1 atom stereocenters. The molecule has 1 heterocycles. The molecule has 1 aromatic rings. The van der Waals surface area contributed by atoms with Crippen molar-refractivity contribution in [1.82, 2.24) is 5.32 Å². The van der Waals surface area contributed by atoms with E-state index in [1.807, 2.05) is 0 Å². The number of hydrogen-bond acceptors (Lipinski definition) is 2. The van der Waals surface area contributed by atoms with Gasteiger partial charge in [0.15, 0.2) is 0 Å². The van der Waals surface area contributed by atoms with Gasteiger partial charge in [-0.25, -0.2) is 4.39 Å². The third-order valence-corrected chi connectivity index (χ3v) is 2.45. The summed E-state index contributed by atoms with van der Waals surface area (Å²) in [7, 11) is 0. The highest BCUT2D eigenvalue weighted by molar-refractivity contribution is 5.85. The lowest BCUT2D eigenvalue weighted by molar-refractivity contribution is -0.120. The lowest BCUT2D eigenvalue weighted by Crippen LogP contribution is -2.18. The van der Waals surface area contributed by atoms with Crippen LogP contribution in [0.2, 0.25) is 0 Å². The van der Waals surface area contributed by atoms with Crippen molar-refractivity contribution in [3.05, 3.63) is 29.6 Å². The molecule has 1 amide bonds. The van der Waals surface area contributed by atoms with Crippen molar-refractivity contribution in [2.45, 2.75) is 12.3 Å². The summed E-state index contributed by atoms with van der Waals surface area (Å²) in [6.07, 6.45) is 0.652. The molecule has 2 rings (SSSR count). The molecular weight excluding hydrogens is 183 g/mol. The summed E-state index contributed by atoms with van der Waals surface area (Å²) in [5, 5.41) is 2.67. The minimum absolute atomic E-state index is 0.103. The minimum atomic E-state index is -0.396. The van der Waals surface area contributed by atoms with Crippen molar-refractivity contribution < 1.29 is 9.18 Å². The Morgan fingerprint density at radius 2 is 2.29 bits per heavy atom. The van der Waals surface area contributed by atoms with E-state index < -0.39 is 5.82 Å². The Kier molecular flexibility index (Phi) is 2.11. The standard InChI is InChI=1S/C10H11FN2O/c11-9-5-6(12)1-2-7(9)8-3-4-13-10(8)14/h1-2,5,8H,3-4,12H2,(H,13,14). The van der Waals surface area contributed by atoms with E-state index >= 15 is 0 Å². The first kappa shape index (κ1) is 8.99. The molecule has 74 valence electrons. The number of halogens is 1. The van der Waals surface area contributed by atoms with Crippen LogP contribution in [-0.4, -0.2) is 12.5 Å². The molecule has 1 aliphatic heterocycles. The van der Waals surface area contributed by atoms with Crippen LogP contribution in [0.3, 0.4) is 0 Å². The normalized spacial score (nSPS) is 20.9. The van der Waals surface area contributed by atoms with Gasteiger partial charge >= 0.3 is 0 Å². The summed E-state index contributed by atoms with van der Waals surface area (Å²) in [5.74, 6) is -0.851. The number of amides is 1. The van der Waals surface area contributed by atoms with E-state index in [-0.39, 0.29) is 11.8 Å². The average Bonchev–Trinajstić information content (AvgIpc) is 2.52. The van der Waals surface area contributed by atoms with Crippen LogP contribution in [0.1, 0.15) is 17.9 Å². The quantitative estimate of drug-likeness (QED) is 0.655. The van der Waals surface area contributed by atoms with Crippen LogP contribution in [0, 0.1) is 5.82 Å². The van der Waals surface area contributed by atoms with Crippen molar-refractivity contribution in [2.75, 3.05) is 12.3 Å². The molecule has 0 bridgehead atoms. The van der Waals surface area contributed by atoms with Crippen molar-refractivity contribution >= 4 is 11.6 Å². The van der Waals surface area contributed by atoms with E-state index in [4.69, 9.17) is 5.73 Å². The second kappa shape index (κ2) is 3.29. The van der Waals surface area contributed by atoms with Crippen molar-refractivity contribution in [1.29, 1.82) is 0 Å². The van der Waals surface area contributed by atoms with E-state index in [1.165, 1.54) is 6.07 Å². The van der Waals surface area contributed by atoms with Gasteiger partial charge in [-0.2, -0.15) is 0 Å². The smallest absolute Gasteiger partial charge is 0.227 e. The summed E-state index contributed by atoms with van der Waals surface area (Å²) in [6, 6.07) is 4.45. The minimum Gasteiger partial charge on any atom is -0.399 e. The zero-order valence-corrected chi connectivity index (χ0v) is 7.59. The molecule has 0 saturated carbocycles. The van der Waals surface area contributed by atoms with Gasteiger partial charge in [-0.1, -0.05) is 6.07 Å². The molecule has 14 heavy (non-hydrogen) atoms. The largest absolute Gasteiger partial charge is 0.399 e. The molecule has 3 N–H and O–H groups in total. The highest BCUT2D eigenvalue weighted by Crippen LogP contribution is 2.26. The fourth-order valence-electron chi connectivity index (χ4n) is 1.72. The Labute approximate surface area is 81.1 Å². The van der Waals surface area contributed by atoms with Crippen LogP contribution in [0.25, 0.3) is 0 Å². The molecule has 1 aromatic carbocycles. The number of nitrogens with one attached hydrogen (secondary N) is 1. The first-order valence-electron chi connectivity index (χ1n) is 4.51. The molecule has 4 heteroatoms. The maximum Gasteiger partial charge on any atom is 0.227 e. The van der Waals surface area contributed by atoms with Crippen molar-refractivity contribution in [2.24, 2.45) is 0 Å². The van der Waals surface area contributed by atoms with Gasteiger partial charge in [0.25, 0.3) is 0 Å². The third-order valence-electron chi connectivity index (χ3n) is 2.45. The molecule has 0 radical (unpaired) electrons. The van der Waals surface area contributed by atoms with Crippen LogP contribution in [0.4, 0.5) is 10.1 Å². The maximum absolute atomic E-state index is 13.4. The Hall–Kier alpha value is -1.58. The average molecular weight is 194 g/mol. The molecule has 1 unspecified atom stereocenters. The van der Waals surface area contributed by atoms with E-state index in [1.54, 1.807) is 12.1 Å². The summed E-state index contributed by atoms with van der Waals surface area (Å²) in [6.45, 7) is 0.618.